The van der Waals surface area contributed by atoms with Gasteiger partial charge in [0.15, 0.2) is 0 Å². The van der Waals surface area contributed by atoms with Crippen LogP contribution in [0.15, 0.2) is 48.8 Å². The van der Waals surface area contributed by atoms with E-state index >= 15 is 0 Å². The van der Waals surface area contributed by atoms with E-state index in [0.717, 1.165) is 17.8 Å². The van der Waals surface area contributed by atoms with Gasteiger partial charge in [0.1, 0.15) is 0 Å². The molecule has 0 unspecified atom stereocenters. The number of primary amides is 1. The lowest BCUT2D eigenvalue weighted by Gasteiger charge is -1.98. The minimum Gasteiger partial charge on any atom is -0.361 e. The Balaban J connectivity index is 0.000000408. The fraction of sp³-hybridized carbons (Fsp3) is 0.143. The molecule has 0 saturated carbocycles. The number of nitrogens with two attached hydrogens (primary N) is 2. The molecular formula is C14H20N6O2S2. The minimum absolute atomic E-state index is 0.252. The first-order valence-electron chi connectivity index (χ1n) is 6.64. The van der Waals surface area contributed by atoms with Gasteiger partial charge in [0, 0.05) is 30.2 Å². The Morgan fingerprint density at radius 1 is 1.00 bits per heavy atom. The van der Waals surface area contributed by atoms with Crippen molar-refractivity contribution in [1.82, 2.24) is 20.7 Å². The summed E-state index contributed by atoms with van der Waals surface area (Å²) in [5, 5.41) is 1.25. The summed E-state index contributed by atoms with van der Waals surface area (Å²) in [7, 11) is 0. The van der Waals surface area contributed by atoms with Crippen LogP contribution in [-0.2, 0) is 6.42 Å². The molecule has 2 rings (SSSR count). The standard InChI is InChI=1S/C11H10N2.C2H7N3OS.CH3NOS/c1-3-7-12-10(5-1)9-11-6-2-4-8-13-11;3-5-1-4-2(6)7;2-1(3)4/h1-8H,9H2;5H,1,3H2,(H2,4,6,7);(H3,2,3,4). The van der Waals surface area contributed by atoms with Gasteiger partial charge in [-0.1, -0.05) is 37.4 Å². The predicted octanol–water partition coefficient (Wildman–Crippen LogP) is 1.11. The van der Waals surface area contributed by atoms with Gasteiger partial charge in [0.25, 0.3) is 10.5 Å². The van der Waals surface area contributed by atoms with Crippen molar-refractivity contribution in [1.29, 1.82) is 0 Å². The number of nitrogens with one attached hydrogen (secondary N) is 2. The molecule has 130 valence electrons. The lowest BCUT2D eigenvalue weighted by molar-refractivity contribution is 0.260. The molecule has 8 nitrogen and oxygen atoms in total. The van der Waals surface area contributed by atoms with E-state index in [9.17, 15) is 4.79 Å². The van der Waals surface area contributed by atoms with Gasteiger partial charge in [0.2, 0.25) is 0 Å². The third-order valence-corrected chi connectivity index (χ3v) is 2.31. The second-order valence-electron chi connectivity index (χ2n) is 4.02. The molecule has 0 radical (unpaired) electrons. The molecule has 2 aromatic heterocycles. The summed E-state index contributed by atoms with van der Waals surface area (Å²) >= 11 is 6.49. The van der Waals surface area contributed by atoms with Gasteiger partial charge in [-0.3, -0.25) is 25.4 Å². The maximum atomic E-state index is 9.86. The van der Waals surface area contributed by atoms with E-state index < -0.39 is 10.5 Å². The highest BCUT2D eigenvalue weighted by Gasteiger charge is 1.95. The van der Waals surface area contributed by atoms with Gasteiger partial charge in [-0.2, -0.15) is 0 Å². The summed E-state index contributed by atoms with van der Waals surface area (Å²) in [6, 6.07) is 11.8. The smallest absolute Gasteiger partial charge is 0.277 e. The molecule has 0 aromatic carbocycles. The number of hydrazine groups is 1. The minimum atomic E-state index is -0.639. The summed E-state index contributed by atoms with van der Waals surface area (Å²) in [6.45, 7) is 0.252. The molecule has 24 heavy (non-hydrogen) atoms. The SMILES string of the molecule is NC(=O)S.NNCNC(=O)S.c1ccc(Cc2ccccn2)nc1. The van der Waals surface area contributed by atoms with Gasteiger partial charge in [-0.15, -0.1) is 0 Å². The van der Waals surface area contributed by atoms with Crippen LogP contribution in [0.2, 0.25) is 0 Å². The Morgan fingerprint density at radius 2 is 1.46 bits per heavy atom. The van der Waals surface area contributed by atoms with E-state index in [4.69, 9.17) is 10.6 Å². The first kappa shape index (κ1) is 21.9. The fourth-order valence-corrected chi connectivity index (χ4v) is 1.40. The summed E-state index contributed by atoms with van der Waals surface area (Å²) in [5.41, 5.74) is 8.67. The molecule has 2 aromatic rings. The second kappa shape index (κ2) is 14.5. The summed E-state index contributed by atoms with van der Waals surface area (Å²) in [5.74, 6) is 4.78. The average molecular weight is 368 g/mol. The molecule has 0 bridgehead atoms. The van der Waals surface area contributed by atoms with Crippen molar-refractivity contribution < 1.29 is 9.59 Å². The fourth-order valence-electron chi connectivity index (χ4n) is 1.32. The predicted molar refractivity (Wildman–Crippen MR) is 99.6 cm³/mol. The van der Waals surface area contributed by atoms with Gasteiger partial charge >= 0.3 is 0 Å². The van der Waals surface area contributed by atoms with Crippen LogP contribution < -0.4 is 22.3 Å². The second-order valence-corrected chi connectivity index (χ2v) is 4.87. The van der Waals surface area contributed by atoms with Crippen molar-refractivity contribution in [2.45, 2.75) is 6.42 Å². The van der Waals surface area contributed by atoms with Gasteiger partial charge < -0.3 is 11.1 Å². The Bertz CT molecular complexity index is 545. The molecule has 2 amide bonds. The van der Waals surface area contributed by atoms with E-state index in [2.05, 4.69) is 51.7 Å². The van der Waals surface area contributed by atoms with Gasteiger partial charge in [-0.25, -0.2) is 5.43 Å². The molecule has 6 N–H and O–H groups in total. The zero-order valence-electron chi connectivity index (χ0n) is 12.8. The number of rotatable bonds is 4. The van der Waals surface area contributed by atoms with Crippen molar-refractivity contribution in [2.24, 2.45) is 11.6 Å². The first-order valence-corrected chi connectivity index (χ1v) is 7.53. The van der Waals surface area contributed by atoms with Crippen LogP contribution in [0.3, 0.4) is 0 Å². The number of hydrogen-bond acceptors (Lipinski definition) is 6. The molecule has 0 aliphatic rings. The molecule has 10 heteroatoms. The quantitative estimate of drug-likeness (QED) is 0.207. The van der Waals surface area contributed by atoms with E-state index in [-0.39, 0.29) is 6.67 Å². The zero-order valence-corrected chi connectivity index (χ0v) is 14.6. The lowest BCUT2D eigenvalue weighted by Crippen LogP contribution is -2.34. The van der Waals surface area contributed by atoms with Crippen LogP contribution in [-0.4, -0.2) is 27.1 Å². The zero-order chi connectivity index (χ0) is 18.2. The molecule has 0 aliphatic carbocycles. The molecule has 0 spiro atoms. The molecule has 0 fully saturated rings. The maximum Gasteiger partial charge on any atom is 0.277 e. The topological polar surface area (TPSA) is 136 Å². The van der Waals surface area contributed by atoms with Crippen LogP contribution in [0.1, 0.15) is 11.4 Å². The van der Waals surface area contributed by atoms with Crippen molar-refractivity contribution in [3.8, 4) is 0 Å². The number of pyridine rings is 2. The van der Waals surface area contributed by atoms with E-state index in [1.165, 1.54) is 0 Å². The van der Waals surface area contributed by atoms with Crippen molar-refractivity contribution in [3.05, 3.63) is 60.2 Å². The van der Waals surface area contributed by atoms with Gasteiger partial charge in [0.05, 0.1) is 6.67 Å². The Hall–Kier alpha value is -2.14. The molecule has 0 saturated heterocycles. The van der Waals surface area contributed by atoms with E-state index in [0.29, 0.717) is 0 Å². The number of nitrogens with zero attached hydrogens (tertiary/aromatic N) is 2. The van der Waals surface area contributed by atoms with Gasteiger partial charge in [-0.05, 0) is 24.3 Å². The van der Waals surface area contributed by atoms with Crippen LogP contribution in [0.5, 0.6) is 0 Å². The van der Waals surface area contributed by atoms with E-state index in [1.807, 2.05) is 36.4 Å². The molecular weight excluding hydrogens is 348 g/mol. The largest absolute Gasteiger partial charge is 0.361 e. The van der Waals surface area contributed by atoms with Crippen LogP contribution in [0.25, 0.3) is 0 Å². The Kier molecular flexibility index (Phi) is 13.2. The summed E-state index contributed by atoms with van der Waals surface area (Å²) < 4.78 is 0. The monoisotopic (exact) mass is 368 g/mol. The summed E-state index contributed by atoms with van der Waals surface area (Å²) in [6.07, 6.45) is 4.41. The number of carbonyl (C=O) groups is 2. The normalized spacial score (nSPS) is 8.79. The number of amides is 2. The summed E-state index contributed by atoms with van der Waals surface area (Å²) in [4.78, 5) is 27.4. The lowest BCUT2D eigenvalue weighted by atomic mass is 10.2. The van der Waals surface area contributed by atoms with E-state index in [1.54, 1.807) is 12.4 Å². The number of thiol groups is 2. The molecule has 2 heterocycles. The third kappa shape index (κ3) is 14.8. The average Bonchev–Trinajstić information content (AvgIpc) is 2.55. The van der Waals surface area contributed by atoms with Crippen LogP contribution in [0, 0.1) is 0 Å². The van der Waals surface area contributed by atoms with Crippen molar-refractivity contribution in [2.75, 3.05) is 6.67 Å². The number of carbonyl (C=O) groups excluding carboxylic acids is 2. The highest BCUT2D eigenvalue weighted by Crippen LogP contribution is 2.02. The first-order chi connectivity index (χ1) is 11.5. The Labute approximate surface area is 151 Å². The third-order valence-electron chi connectivity index (χ3n) is 2.16. The highest BCUT2D eigenvalue weighted by molar-refractivity contribution is 7.96. The highest BCUT2D eigenvalue weighted by atomic mass is 32.1. The van der Waals surface area contributed by atoms with Crippen molar-refractivity contribution in [3.63, 3.8) is 0 Å². The molecule has 0 aliphatic heterocycles. The van der Waals surface area contributed by atoms with Crippen LogP contribution in [0.4, 0.5) is 9.59 Å². The van der Waals surface area contributed by atoms with Crippen LogP contribution >= 0.6 is 25.3 Å². The van der Waals surface area contributed by atoms with Crippen molar-refractivity contribution >= 4 is 35.7 Å². The maximum absolute atomic E-state index is 9.86. The number of aromatic nitrogens is 2. The molecule has 0 atom stereocenters. The Morgan fingerprint density at radius 3 is 1.71 bits per heavy atom. The number of hydrogen-bond donors (Lipinski definition) is 6.